The van der Waals surface area contributed by atoms with Gasteiger partial charge in [-0.15, -0.1) is 0 Å². The third kappa shape index (κ3) is 10.5. The van der Waals surface area contributed by atoms with Crippen LogP contribution in [0.25, 0.3) is 0 Å². The molecule has 0 fully saturated rings. The molecule has 0 heterocycles. The molecule has 0 spiro atoms. The van der Waals surface area contributed by atoms with E-state index in [1.54, 1.807) is 0 Å². The zero-order valence-electron chi connectivity index (χ0n) is 20.9. The van der Waals surface area contributed by atoms with Crippen molar-refractivity contribution in [3.05, 3.63) is 0 Å². The van der Waals surface area contributed by atoms with E-state index in [2.05, 4.69) is 18.8 Å². The standard InChI is InChI=1S/C17H14F18O7S.K/c18-10(19,12(22,23)14(26,27)16(30,31)32)1-3-39-8(36)5-7(6-43-42-41-38)9(37)40-4-2-11(20,21)13(24,25)15(28,29)17(33,34)35;/h7,38H,1-6H2;/q;+1/p-1. The summed E-state index contributed by atoms with van der Waals surface area (Å²) in [4.78, 5) is 23.7. The van der Waals surface area contributed by atoms with E-state index in [1.165, 1.54) is 0 Å². The fourth-order valence-electron chi connectivity index (χ4n) is 2.42. The van der Waals surface area contributed by atoms with Gasteiger partial charge in [-0.3, -0.25) is 14.6 Å². The quantitative estimate of drug-likeness (QED) is 0.0428. The van der Waals surface area contributed by atoms with Gasteiger partial charge in [-0.2, -0.15) is 83.4 Å². The molecule has 0 radical (unpaired) electrons. The zero-order chi connectivity index (χ0) is 34.5. The normalized spacial score (nSPS) is 15.0. The molecule has 0 aliphatic rings. The van der Waals surface area contributed by atoms with Gasteiger partial charge >= 0.3 is 111 Å². The molecule has 7 nitrogen and oxygen atoms in total. The average Bonchev–Trinajstić information content (AvgIpc) is 2.81. The summed E-state index contributed by atoms with van der Waals surface area (Å²) in [5.74, 6) is -48.3. The van der Waals surface area contributed by atoms with Crippen LogP contribution in [0.2, 0.25) is 0 Å². The largest absolute Gasteiger partial charge is 1.00 e. The van der Waals surface area contributed by atoms with Crippen LogP contribution in [0.15, 0.2) is 0 Å². The first-order valence-electron chi connectivity index (χ1n) is 10.3. The Balaban J connectivity index is 0. The predicted molar refractivity (Wildman–Crippen MR) is 95.7 cm³/mol. The van der Waals surface area contributed by atoms with Crippen molar-refractivity contribution in [1.29, 1.82) is 0 Å². The minimum Gasteiger partial charge on any atom is -0.691 e. The molecule has 0 aromatic carbocycles. The van der Waals surface area contributed by atoms with Crippen molar-refractivity contribution in [2.24, 2.45) is 5.92 Å². The maximum atomic E-state index is 13.5. The first-order chi connectivity index (χ1) is 18.9. The number of carbonyl (C=O) groups excluding carboxylic acids is 2. The molecule has 256 valence electrons. The number of ether oxygens (including phenoxy) is 2. The van der Waals surface area contributed by atoms with E-state index in [9.17, 15) is 93.9 Å². The molecule has 0 aliphatic carbocycles. The average molecular weight is 742 g/mol. The molecule has 0 rings (SSSR count). The maximum Gasteiger partial charge on any atom is 1.00 e. The molecule has 1 unspecified atom stereocenters. The van der Waals surface area contributed by atoms with Crippen LogP contribution < -0.4 is 56.6 Å². The summed E-state index contributed by atoms with van der Waals surface area (Å²) in [6, 6.07) is 0. The van der Waals surface area contributed by atoms with Gasteiger partial charge in [-0.05, 0) is 0 Å². The van der Waals surface area contributed by atoms with E-state index in [0.29, 0.717) is 0 Å². The molecule has 0 N–H and O–H groups in total. The molecule has 0 saturated heterocycles. The fourth-order valence-corrected chi connectivity index (χ4v) is 2.93. The van der Waals surface area contributed by atoms with Crippen LogP contribution in [0.3, 0.4) is 0 Å². The van der Waals surface area contributed by atoms with Crippen molar-refractivity contribution in [3.8, 4) is 0 Å². The topological polar surface area (TPSA) is 94.1 Å². The van der Waals surface area contributed by atoms with Crippen LogP contribution in [-0.2, 0) is 28.4 Å². The molecule has 27 heteroatoms. The Morgan fingerprint density at radius 2 is 0.977 bits per heavy atom. The van der Waals surface area contributed by atoms with Gasteiger partial charge in [0, 0.05) is 17.8 Å². The van der Waals surface area contributed by atoms with E-state index in [4.69, 9.17) is 0 Å². The number of hydrogen-bond donors (Lipinski definition) is 0. The van der Waals surface area contributed by atoms with E-state index in [1.807, 2.05) is 0 Å². The van der Waals surface area contributed by atoms with Gasteiger partial charge in [0.2, 0.25) is 0 Å². The Hall–Kier alpha value is -0.454. The zero-order valence-corrected chi connectivity index (χ0v) is 24.8. The van der Waals surface area contributed by atoms with Gasteiger partial charge in [0.15, 0.2) is 0 Å². The van der Waals surface area contributed by atoms with Gasteiger partial charge < -0.3 is 14.7 Å². The van der Waals surface area contributed by atoms with Crippen LogP contribution in [0.4, 0.5) is 79.0 Å². The van der Waals surface area contributed by atoms with Crippen molar-refractivity contribution in [2.45, 2.75) is 67.2 Å². The first-order valence-corrected chi connectivity index (χ1v) is 11.2. The predicted octanol–water partition coefficient (Wildman–Crippen LogP) is 2.67. The van der Waals surface area contributed by atoms with Crippen LogP contribution >= 0.6 is 12.0 Å². The third-order valence-corrected chi connectivity index (χ3v) is 5.54. The Bertz CT molecular complexity index is 944. The van der Waals surface area contributed by atoms with Crippen LogP contribution in [0.1, 0.15) is 19.3 Å². The number of carbonyl (C=O) groups is 2. The summed E-state index contributed by atoms with van der Waals surface area (Å²) in [5, 5.41) is 12.6. The second-order valence-corrected chi connectivity index (χ2v) is 8.62. The van der Waals surface area contributed by atoms with Crippen molar-refractivity contribution in [2.75, 3.05) is 19.0 Å². The number of esters is 2. The van der Waals surface area contributed by atoms with Crippen LogP contribution in [0.5, 0.6) is 0 Å². The molecule has 0 aromatic heterocycles. The SMILES string of the molecule is O=C(CC(CSOO[O-])C(=O)OCCC(F)(F)C(F)(F)C(F)(F)C(F)(F)F)OCCC(F)(F)C(F)(F)C(F)(F)C(F)(F)F.[K+]. The molecular weight excluding hydrogens is 729 g/mol. The van der Waals surface area contributed by atoms with Gasteiger partial charge in [-0.1, -0.05) is 0 Å². The van der Waals surface area contributed by atoms with E-state index in [-0.39, 0.29) is 63.4 Å². The van der Waals surface area contributed by atoms with Gasteiger partial charge in [0.05, 0.1) is 38.4 Å². The monoisotopic (exact) mass is 742 g/mol. The Morgan fingerprint density at radius 3 is 1.32 bits per heavy atom. The summed E-state index contributed by atoms with van der Waals surface area (Å²) in [7, 11) is 0. The minimum atomic E-state index is -7.28. The molecule has 0 bridgehead atoms. The van der Waals surface area contributed by atoms with Gasteiger partial charge in [-0.25, -0.2) is 0 Å². The number of alkyl halides is 18. The molecule has 0 aliphatic heterocycles. The Morgan fingerprint density at radius 1 is 0.614 bits per heavy atom. The van der Waals surface area contributed by atoms with Crippen molar-refractivity contribution >= 4 is 24.0 Å². The second kappa shape index (κ2) is 16.1. The molecule has 0 amide bonds. The van der Waals surface area contributed by atoms with Crippen molar-refractivity contribution in [3.63, 3.8) is 0 Å². The summed E-state index contributed by atoms with van der Waals surface area (Å²) >= 11 is -0.227. The second-order valence-electron chi connectivity index (χ2n) is 7.91. The minimum absolute atomic E-state index is 0. The fraction of sp³-hybridized carbons (Fsp3) is 0.882. The van der Waals surface area contributed by atoms with Crippen LogP contribution in [0, 0.1) is 5.92 Å². The summed E-state index contributed by atoms with van der Waals surface area (Å²) in [5.41, 5.74) is 0. The molecule has 44 heavy (non-hydrogen) atoms. The Kier molecular flexibility index (Phi) is 16.7. The van der Waals surface area contributed by atoms with Crippen LogP contribution in [-0.4, -0.2) is 78.8 Å². The molecular formula is C17H13F18KO7S. The van der Waals surface area contributed by atoms with Crippen molar-refractivity contribution in [1.82, 2.24) is 0 Å². The van der Waals surface area contributed by atoms with E-state index < -0.39 is 104 Å². The third-order valence-electron chi connectivity index (χ3n) is 4.85. The number of halogens is 18. The Labute approximate surface area is 278 Å². The number of rotatable bonds is 17. The van der Waals surface area contributed by atoms with E-state index >= 15 is 0 Å². The van der Waals surface area contributed by atoms with Gasteiger partial charge in [0.1, 0.15) is 0 Å². The maximum absolute atomic E-state index is 13.5. The summed E-state index contributed by atoms with van der Waals surface area (Å²) in [6.45, 7) is -4.08. The van der Waals surface area contributed by atoms with Crippen molar-refractivity contribution < 1.29 is 164 Å². The summed E-state index contributed by atoms with van der Waals surface area (Å²) < 4.78 is 242. The van der Waals surface area contributed by atoms with E-state index in [0.717, 1.165) is 0 Å². The molecule has 0 aromatic rings. The first kappa shape index (κ1) is 45.7. The van der Waals surface area contributed by atoms with Gasteiger partial charge in [0.25, 0.3) is 0 Å². The smallest absolute Gasteiger partial charge is 0.691 e. The number of hydrogen-bond acceptors (Lipinski definition) is 8. The molecule has 0 saturated carbocycles. The summed E-state index contributed by atoms with van der Waals surface area (Å²) in [6.07, 6.45) is -21.2. The molecule has 1 atom stereocenters.